The minimum absolute atomic E-state index is 0. The molecule has 0 unspecified atom stereocenters. The van der Waals surface area contributed by atoms with Crippen LogP contribution in [0, 0.1) is 0 Å². The highest BCUT2D eigenvalue weighted by molar-refractivity contribution is 7.89. The number of carbonyl (C=O) groups is 1. The van der Waals surface area contributed by atoms with Crippen LogP contribution in [0.3, 0.4) is 0 Å². The van der Waals surface area contributed by atoms with Crippen molar-refractivity contribution in [2.75, 3.05) is 52.3 Å². The number of nitrogens with zero attached hydrogens (tertiary/aromatic N) is 4. The maximum Gasteiger partial charge on any atom is 0.260 e. The molecule has 0 spiro atoms. The lowest BCUT2D eigenvalue weighted by Gasteiger charge is -2.25. The van der Waals surface area contributed by atoms with Crippen molar-refractivity contribution in [1.82, 2.24) is 14.2 Å². The van der Waals surface area contributed by atoms with Crippen LogP contribution in [0.2, 0.25) is 0 Å². The third-order valence-corrected chi connectivity index (χ3v) is 9.88. The van der Waals surface area contributed by atoms with Gasteiger partial charge in [-0.25, -0.2) is 13.4 Å². The van der Waals surface area contributed by atoms with Crippen molar-refractivity contribution in [2.45, 2.75) is 25.3 Å². The van der Waals surface area contributed by atoms with Crippen molar-refractivity contribution in [2.24, 2.45) is 0 Å². The molecule has 0 radical (unpaired) electrons. The first-order chi connectivity index (χ1) is 19.7. The molecule has 4 rings (SSSR count). The van der Waals surface area contributed by atoms with Crippen LogP contribution in [0.4, 0.5) is 5.13 Å². The van der Waals surface area contributed by atoms with E-state index < -0.39 is 10.0 Å². The number of halogens is 1. The Kier molecular flexibility index (Phi) is 11.7. The number of methoxy groups -OCH3 is 2. The molecule has 0 fully saturated rings. The summed E-state index contributed by atoms with van der Waals surface area (Å²) in [7, 11) is 0.972. The number of hydrogen-bond acceptors (Lipinski definition) is 8. The molecule has 4 aromatic rings. The van der Waals surface area contributed by atoms with Crippen LogP contribution in [0.1, 0.15) is 29.8 Å². The SMILES string of the molecule is CCN(CC)CCN(C(=O)c1ccc(S(=O)(=O)N(C)Cc2ccccc2)cc1)c1nc2c(OC)ccc(OC)c2s1.Cl. The summed E-state index contributed by atoms with van der Waals surface area (Å²) in [5.74, 6) is 0.972. The van der Waals surface area contributed by atoms with Crippen LogP contribution < -0.4 is 14.4 Å². The van der Waals surface area contributed by atoms with Gasteiger partial charge < -0.3 is 14.4 Å². The van der Waals surface area contributed by atoms with Crippen molar-refractivity contribution >= 4 is 55.0 Å². The van der Waals surface area contributed by atoms with Gasteiger partial charge in [0.2, 0.25) is 10.0 Å². The fourth-order valence-corrected chi connectivity index (χ4v) is 6.74. The normalized spacial score (nSPS) is 11.5. The monoisotopic (exact) mass is 632 g/mol. The predicted octanol–water partition coefficient (Wildman–Crippen LogP) is 5.54. The molecule has 0 N–H and O–H groups in total. The zero-order valence-electron chi connectivity index (χ0n) is 24.4. The molecule has 0 aliphatic rings. The van der Waals surface area contributed by atoms with Crippen LogP contribution in [-0.4, -0.2) is 76.0 Å². The van der Waals surface area contributed by atoms with Gasteiger partial charge in [-0.2, -0.15) is 4.31 Å². The summed E-state index contributed by atoms with van der Waals surface area (Å²) in [6.07, 6.45) is 0. The lowest BCUT2D eigenvalue weighted by Crippen LogP contribution is -2.38. The fourth-order valence-electron chi connectivity index (χ4n) is 4.49. The molecular formula is C30H37ClN4O5S2. The summed E-state index contributed by atoms with van der Waals surface area (Å²) in [5, 5.41) is 0.513. The summed E-state index contributed by atoms with van der Waals surface area (Å²) in [6, 6.07) is 19.1. The molecule has 1 amide bonds. The van der Waals surface area contributed by atoms with Gasteiger partial charge in [-0.3, -0.25) is 9.69 Å². The van der Waals surface area contributed by atoms with Crippen LogP contribution in [0.5, 0.6) is 11.5 Å². The van der Waals surface area contributed by atoms with Crippen molar-refractivity contribution in [1.29, 1.82) is 0 Å². The van der Waals surface area contributed by atoms with Gasteiger partial charge in [0, 0.05) is 32.2 Å². The van der Waals surface area contributed by atoms with Crippen LogP contribution in [0.25, 0.3) is 10.2 Å². The number of carbonyl (C=O) groups excluding carboxylic acids is 1. The van der Waals surface area contributed by atoms with E-state index in [0.717, 1.165) is 23.4 Å². The smallest absolute Gasteiger partial charge is 0.260 e. The molecule has 226 valence electrons. The van der Waals surface area contributed by atoms with E-state index >= 15 is 0 Å². The van der Waals surface area contributed by atoms with Crippen LogP contribution >= 0.6 is 23.7 Å². The van der Waals surface area contributed by atoms with Crippen molar-refractivity contribution in [3.8, 4) is 11.5 Å². The highest BCUT2D eigenvalue weighted by Crippen LogP contribution is 2.40. The third kappa shape index (κ3) is 7.22. The average Bonchev–Trinajstić information content (AvgIpc) is 3.44. The summed E-state index contributed by atoms with van der Waals surface area (Å²) >= 11 is 1.36. The van der Waals surface area contributed by atoms with Gasteiger partial charge in [0.05, 0.1) is 19.1 Å². The van der Waals surface area contributed by atoms with Gasteiger partial charge >= 0.3 is 0 Å². The molecular weight excluding hydrogens is 596 g/mol. The number of rotatable bonds is 13. The summed E-state index contributed by atoms with van der Waals surface area (Å²) in [4.78, 5) is 22.7. The lowest BCUT2D eigenvalue weighted by atomic mass is 10.2. The van der Waals surface area contributed by atoms with Gasteiger partial charge in [-0.05, 0) is 55.1 Å². The molecule has 42 heavy (non-hydrogen) atoms. The Morgan fingerprint density at radius 2 is 1.50 bits per heavy atom. The number of thiazole rings is 1. The second-order valence-electron chi connectivity index (χ2n) is 9.40. The van der Waals surface area contributed by atoms with Crippen molar-refractivity contribution < 1.29 is 22.7 Å². The van der Waals surface area contributed by atoms with E-state index in [1.54, 1.807) is 44.4 Å². The maximum atomic E-state index is 13.9. The zero-order valence-corrected chi connectivity index (χ0v) is 26.9. The maximum absolute atomic E-state index is 13.9. The number of anilines is 1. The zero-order chi connectivity index (χ0) is 29.6. The Bertz CT molecular complexity index is 1540. The minimum atomic E-state index is -3.75. The number of fused-ring (bicyclic) bond motifs is 1. The first kappa shape index (κ1) is 33.3. The first-order valence-corrected chi connectivity index (χ1v) is 15.6. The van der Waals surface area contributed by atoms with E-state index in [2.05, 4.69) is 18.7 Å². The molecule has 0 aliphatic heterocycles. The van der Waals surface area contributed by atoms with Crippen LogP contribution in [-0.2, 0) is 16.6 Å². The third-order valence-electron chi connectivity index (χ3n) is 6.97. The van der Waals surface area contributed by atoms with Crippen molar-refractivity contribution in [3.63, 3.8) is 0 Å². The lowest BCUT2D eigenvalue weighted by molar-refractivity contribution is 0.0983. The molecule has 0 bridgehead atoms. The van der Waals surface area contributed by atoms with E-state index in [1.807, 2.05) is 36.4 Å². The van der Waals surface area contributed by atoms with Gasteiger partial charge in [0.25, 0.3) is 5.91 Å². The second kappa shape index (κ2) is 14.8. The fraction of sp³-hybridized carbons (Fsp3) is 0.333. The number of hydrogen-bond donors (Lipinski definition) is 0. The number of ether oxygens (including phenoxy) is 2. The highest BCUT2D eigenvalue weighted by atomic mass is 35.5. The van der Waals surface area contributed by atoms with Crippen molar-refractivity contribution in [3.05, 3.63) is 77.9 Å². The van der Waals surface area contributed by atoms with Gasteiger partial charge in [-0.15, -0.1) is 12.4 Å². The number of likely N-dealkylation sites (N-methyl/N-ethyl adjacent to an activating group) is 1. The minimum Gasteiger partial charge on any atom is -0.495 e. The number of benzene rings is 3. The Morgan fingerprint density at radius 3 is 2.10 bits per heavy atom. The molecule has 9 nitrogen and oxygen atoms in total. The molecule has 3 aromatic carbocycles. The largest absolute Gasteiger partial charge is 0.495 e. The Morgan fingerprint density at radius 1 is 0.881 bits per heavy atom. The van der Waals surface area contributed by atoms with E-state index in [4.69, 9.17) is 14.5 Å². The molecule has 0 saturated heterocycles. The number of amides is 1. The Balaban J connectivity index is 0.00000484. The summed E-state index contributed by atoms with van der Waals surface area (Å²) in [6.45, 7) is 7.16. The van der Waals surface area contributed by atoms with E-state index in [-0.39, 0.29) is 29.8 Å². The molecule has 0 saturated carbocycles. The van der Waals surface area contributed by atoms with E-state index in [1.165, 1.54) is 27.8 Å². The van der Waals surface area contributed by atoms with Crippen LogP contribution in [0.15, 0.2) is 71.6 Å². The Hall–Kier alpha value is -3.22. The second-order valence-corrected chi connectivity index (χ2v) is 12.4. The topological polar surface area (TPSA) is 92.3 Å². The van der Waals surface area contributed by atoms with E-state index in [0.29, 0.717) is 40.8 Å². The molecule has 12 heteroatoms. The molecule has 0 atom stereocenters. The van der Waals surface area contributed by atoms with Gasteiger partial charge in [-0.1, -0.05) is 55.5 Å². The van der Waals surface area contributed by atoms with E-state index in [9.17, 15) is 13.2 Å². The Labute approximate surface area is 258 Å². The summed E-state index contributed by atoms with van der Waals surface area (Å²) in [5.41, 5.74) is 1.88. The summed E-state index contributed by atoms with van der Waals surface area (Å²) < 4.78 is 39.6. The molecule has 1 aromatic heterocycles. The molecule has 1 heterocycles. The average molecular weight is 633 g/mol. The van der Waals surface area contributed by atoms with Gasteiger partial charge in [0.15, 0.2) is 5.13 Å². The number of aromatic nitrogens is 1. The predicted molar refractivity (Wildman–Crippen MR) is 171 cm³/mol. The molecule has 0 aliphatic carbocycles. The standard InChI is InChI=1S/C30H36N4O5S2.ClH/c1-6-33(7-2)19-20-34(30-31-27-25(38-4)17-18-26(39-5)28(27)40-30)29(35)23-13-15-24(16-14-23)41(36,37)32(3)21-22-11-9-8-10-12-22;/h8-18H,6-7,19-21H2,1-5H3;1H. The van der Waals surface area contributed by atoms with Gasteiger partial charge in [0.1, 0.15) is 21.7 Å². The number of sulfonamides is 1. The highest BCUT2D eigenvalue weighted by Gasteiger charge is 2.26. The quantitative estimate of drug-likeness (QED) is 0.191. The first-order valence-electron chi connectivity index (χ1n) is 13.4.